The first-order chi connectivity index (χ1) is 13.1. The van der Waals surface area contributed by atoms with Gasteiger partial charge in [0, 0.05) is 0 Å². The van der Waals surface area contributed by atoms with Crippen molar-refractivity contribution in [2.75, 3.05) is 13.2 Å². The molecular formula is C20H25N4O3+. The molecule has 7 heteroatoms. The Hall–Kier alpha value is -2.54. The Morgan fingerprint density at radius 2 is 1.78 bits per heavy atom. The predicted octanol–water partition coefficient (Wildman–Crippen LogP) is 0.461. The molecule has 0 radical (unpaired) electrons. The number of nitrogens with one attached hydrogen (secondary N) is 2. The van der Waals surface area contributed by atoms with Crippen molar-refractivity contribution in [3.8, 4) is 0 Å². The lowest BCUT2D eigenvalue weighted by Gasteiger charge is -2.22. The molecule has 2 heterocycles. The van der Waals surface area contributed by atoms with E-state index in [2.05, 4.69) is 9.97 Å². The second-order valence-corrected chi connectivity index (χ2v) is 7.57. The summed E-state index contributed by atoms with van der Waals surface area (Å²) in [5.74, 6) is 0.296. The Balaban J connectivity index is 1.52. The van der Waals surface area contributed by atoms with E-state index >= 15 is 0 Å². The third-order valence-electron chi connectivity index (χ3n) is 5.89. The van der Waals surface area contributed by atoms with Gasteiger partial charge >= 0.3 is 0 Å². The molecule has 1 aromatic heterocycles. The largest absolute Gasteiger partial charge is 0.311 e. The molecule has 1 aromatic carbocycles. The molecule has 1 unspecified atom stereocenters. The minimum Gasteiger partial charge on any atom is -0.311 e. The van der Waals surface area contributed by atoms with E-state index in [1.165, 1.54) is 4.90 Å². The van der Waals surface area contributed by atoms with Gasteiger partial charge in [0.1, 0.15) is 6.54 Å². The summed E-state index contributed by atoms with van der Waals surface area (Å²) in [4.78, 5) is 47.5. The van der Waals surface area contributed by atoms with Crippen molar-refractivity contribution in [3.63, 3.8) is 0 Å². The van der Waals surface area contributed by atoms with E-state index in [1.807, 2.05) is 25.1 Å². The number of quaternary nitrogens is 1. The number of H-pyrrole nitrogens is 1. The van der Waals surface area contributed by atoms with Crippen LogP contribution in [-0.2, 0) is 16.1 Å². The smallest absolute Gasteiger partial charge is 0.258 e. The van der Waals surface area contributed by atoms with Gasteiger partial charge in [0.25, 0.3) is 5.56 Å². The highest BCUT2D eigenvalue weighted by Crippen LogP contribution is 2.37. The maximum absolute atomic E-state index is 12.7. The van der Waals surface area contributed by atoms with Crippen LogP contribution in [0.25, 0.3) is 10.9 Å². The van der Waals surface area contributed by atoms with Crippen molar-refractivity contribution in [1.29, 1.82) is 0 Å². The number of benzene rings is 1. The number of amides is 2. The molecule has 4 rings (SSSR count). The summed E-state index contributed by atoms with van der Waals surface area (Å²) >= 11 is 0. The summed E-state index contributed by atoms with van der Waals surface area (Å²) in [5.41, 5.74) is 0.497. The van der Waals surface area contributed by atoms with E-state index in [1.54, 1.807) is 6.07 Å². The van der Waals surface area contributed by atoms with Gasteiger partial charge in [-0.25, -0.2) is 9.88 Å². The zero-order valence-electron chi connectivity index (χ0n) is 15.5. The van der Waals surface area contributed by atoms with E-state index in [-0.39, 0.29) is 29.2 Å². The van der Waals surface area contributed by atoms with Crippen LogP contribution in [0.2, 0.25) is 0 Å². The fraction of sp³-hybridized carbons (Fsp3) is 0.500. The van der Waals surface area contributed by atoms with E-state index in [0.29, 0.717) is 29.9 Å². The number of carbonyl (C=O) groups excluding carboxylic acids is 2. The van der Waals surface area contributed by atoms with Crippen LogP contribution in [0.3, 0.4) is 0 Å². The average Bonchev–Trinajstić information content (AvgIpc) is 2.92. The quantitative estimate of drug-likeness (QED) is 0.750. The van der Waals surface area contributed by atoms with Gasteiger partial charge in [0.15, 0.2) is 12.5 Å². The van der Waals surface area contributed by atoms with Gasteiger partial charge in [-0.2, -0.15) is 0 Å². The molecule has 2 aliphatic rings. The van der Waals surface area contributed by atoms with Crippen LogP contribution < -0.4 is 10.5 Å². The normalized spacial score (nSPS) is 23.7. The van der Waals surface area contributed by atoms with Crippen LogP contribution in [0.15, 0.2) is 29.1 Å². The maximum Gasteiger partial charge on any atom is 0.258 e. The second-order valence-electron chi connectivity index (χ2n) is 7.57. The third-order valence-corrected chi connectivity index (χ3v) is 5.89. The Kier molecular flexibility index (Phi) is 4.78. The summed E-state index contributed by atoms with van der Waals surface area (Å²) in [6.07, 6.45) is 3.71. The first-order valence-corrected chi connectivity index (χ1v) is 9.75. The molecule has 2 N–H and O–H groups in total. The Morgan fingerprint density at radius 1 is 1.11 bits per heavy atom. The zero-order chi connectivity index (χ0) is 19.0. The van der Waals surface area contributed by atoms with Crippen LogP contribution in [0, 0.1) is 11.8 Å². The van der Waals surface area contributed by atoms with Crippen LogP contribution >= 0.6 is 0 Å². The molecule has 1 saturated heterocycles. The van der Waals surface area contributed by atoms with Gasteiger partial charge < -0.3 is 9.88 Å². The number of imide groups is 1. The number of likely N-dealkylation sites (tertiary alicyclic amines) is 1. The molecule has 27 heavy (non-hydrogen) atoms. The number of para-hydroxylation sites is 1. The van der Waals surface area contributed by atoms with E-state index in [4.69, 9.17) is 0 Å². The highest BCUT2D eigenvalue weighted by Gasteiger charge is 2.49. The number of hydrogen-bond donors (Lipinski definition) is 2. The molecule has 2 aromatic rings. The topological polar surface area (TPSA) is 87.6 Å². The van der Waals surface area contributed by atoms with Crippen LogP contribution in [0.4, 0.5) is 0 Å². The summed E-state index contributed by atoms with van der Waals surface area (Å²) in [5, 5.41) is 0.563. The van der Waals surface area contributed by atoms with Crippen molar-refractivity contribution in [3.05, 3.63) is 40.4 Å². The van der Waals surface area contributed by atoms with Crippen LogP contribution in [0.1, 0.15) is 38.4 Å². The van der Waals surface area contributed by atoms with Crippen molar-refractivity contribution in [2.24, 2.45) is 11.8 Å². The lowest BCUT2D eigenvalue weighted by molar-refractivity contribution is -0.919. The predicted molar refractivity (Wildman–Crippen MR) is 99.7 cm³/mol. The van der Waals surface area contributed by atoms with Gasteiger partial charge in [-0.1, -0.05) is 25.0 Å². The lowest BCUT2D eigenvalue weighted by Crippen LogP contribution is -3.12. The lowest BCUT2D eigenvalue weighted by atomic mass is 9.81. The van der Waals surface area contributed by atoms with Crippen LogP contribution in [-0.4, -0.2) is 39.9 Å². The molecule has 7 nitrogen and oxygen atoms in total. The Labute approximate surface area is 157 Å². The fourth-order valence-corrected chi connectivity index (χ4v) is 4.36. The standard InChI is InChI=1S/C20H24N4O3/c1-2-23(11-17-21-16-10-6-5-9-15(16)18(25)22-17)12-24-19(26)13-7-3-4-8-14(13)20(24)27/h5-6,9-10,13-14H,2-4,7-8,11-12H2,1H3,(H,21,22,25)/p+1/t13-,14+. The Bertz CT molecular complexity index is 914. The van der Waals surface area contributed by atoms with Gasteiger partial charge in [0.05, 0.1) is 29.3 Å². The summed E-state index contributed by atoms with van der Waals surface area (Å²) in [6.45, 7) is 3.52. The highest BCUT2D eigenvalue weighted by atomic mass is 16.2. The molecule has 142 valence electrons. The molecular weight excluding hydrogens is 344 g/mol. The average molecular weight is 369 g/mol. The van der Waals surface area contributed by atoms with E-state index in [9.17, 15) is 14.4 Å². The van der Waals surface area contributed by atoms with Crippen molar-refractivity contribution in [1.82, 2.24) is 14.9 Å². The first-order valence-electron chi connectivity index (χ1n) is 9.75. The van der Waals surface area contributed by atoms with Gasteiger partial charge in [0.2, 0.25) is 11.8 Å². The molecule has 2 fully saturated rings. The monoisotopic (exact) mass is 369 g/mol. The number of carbonyl (C=O) groups is 2. The summed E-state index contributed by atoms with van der Waals surface area (Å²) in [7, 11) is 0. The molecule has 2 amide bonds. The number of hydrogen-bond acceptors (Lipinski definition) is 4. The Morgan fingerprint density at radius 3 is 2.44 bits per heavy atom. The first kappa shape index (κ1) is 17.9. The summed E-state index contributed by atoms with van der Waals surface area (Å²) in [6, 6.07) is 7.23. The SMILES string of the molecule is CC[NH+](Cc1nc2ccccc2c(=O)[nH]1)CN1C(=O)[C@H]2CCCC[C@H]2C1=O. The number of fused-ring (bicyclic) bond motifs is 2. The van der Waals surface area contributed by atoms with Gasteiger partial charge in [-0.15, -0.1) is 0 Å². The maximum atomic E-state index is 12.7. The molecule has 1 aliphatic heterocycles. The van der Waals surface area contributed by atoms with Crippen molar-refractivity contribution < 1.29 is 14.5 Å². The van der Waals surface area contributed by atoms with Crippen molar-refractivity contribution in [2.45, 2.75) is 39.2 Å². The molecule has 1 aliphatic carbocycles. The fourth-order valence-electron chi connectivity index (χ4n) is 4.36. The molecule has 3 atom stereocenters. The van der Waals surface area contributed by atoms with Crippen LogP contribution in [0.5, 0.6) is 0 Å². The highest BCUT2D eigenvalue weighted by molar-refractivity contribution is 6.05. The van der Waals surface area contributed by atoms with Gasteiger partial charge in [-0.3, -0.25) is 14.4 Å². The number of nitrogens with zero attached hydrogens (tertiary/aromatic N) is 2. The molecule has 0 spiro atoms. The van der Waals surface area contributed by atoms with E-state index < -0.39 is 0 Å². The second kappa shape index (κ2) is 7.23. The minimum atomic E-state index is -0.162. The van der Waals surface area contributed by atoms with Crippen molar-refractivity contribution >= 4 is 22.7 Å². The molecule has 0 bridgehead atoms. The number of aromatic amines is 1. The number of aromatic nitrogens is 2. The van der Waals surface area contributed by atoms with Gasteiger partial charge in [-0.05, 0) is 31.9 Å². The zero-order valence-corrected chi connectivity index (χ0v) is 15.5. The number of rotatable bonds is 5. The third kappa shape index (κ3) is 3.27. The van der Waals surface area contributed by atoms with E-state index in [0.717, 1.165) is 37.1 Å². The minimum absolute atomic E-state index is 0.0179. The molecule has 1 saturated carbocycles. The summed E-state index contributed by atoms with van der Waals surface area (Å²) < 4.78 is 0.